The highest BCUT2D eigenvalue weighted by molar-refractivity contribution is 5.37. The largest absolute Gasteiger partial charge is 0.496 e. The van der Waals surface area contributed by atoms with Crippen LogP contribution >= 0.6 is 0 Å². The third-order valence-corrected chi connectivity index (χ3v) is 1.83. The maximum Gasteiger partial charge on any atom is 0.135 e. The number of halogens is 2. The summed E-state index contributed by atoms with van der Waals surface area (Å²) >= 11 is 0. The fourth-order valence-electron chi connectivity index (χ4n) is 1.17. The van der Waals surface area contributed by atoms with Gasteiger partial charge in [-0.1, -0.05) is 0 Å². The van der Waals surface area contributed by atoms with E-state index in [9.17, 15) is 13.9 Å². The third-order valence-electron chi connectivity index (χ3n) is 1.83. The van der Waals surface area contributed by atoms with E-state index in [1.807, 2.05) is 0 Å². The summed E-state index contributed by atoms with van der Waals surface area (Å²) in [6, 6.07) is 1.67. The van der Waals surface area contributed by atoms with E-state index in [1.54, 1.807) is 0 Å². The van der Waals surface area contributed by atoms with E-state index >= 15 is 0 Å². The topological polar surface area (TPSA) is 55.5 Å². The van der Waals surface area contributed by atoms with Crippen LogP contribution in [0.15, 0.2) is 12.1 Å². The average Bonchev–Trinajstić information content (AvgIpc) is 2.15. The number of benzene rings is 1. The number of nitrogens with two attached hydrogens (primary N) is 1. The van der Waals surface area contributed by atoms with Crippen LogP contribution in [-0.4, -0.2) is 18.8 Å². The fraction of sp³-hybridized carbons (Fsp3) is 0.333. The van der Waals surface area contributed by atoms with E-state index in [2.05, 4.69) is 0 Å². The molecular weight excluding hydrogens is 192 g/mol. The molecule has 0 aliphatic carbocycles. The highest BCUT2D eigenvalue weighted by atomic mass is 19.1. The standard InChI is InChI=1S/C9H11F2NO2/c1-14-8-3-5(10)2-6(11)9(8)7(13)4-12/h2-3,7,13H,4,12H2,1H3. The molecule has 1 rings (SSSR count). The Kier molecular flexibility index (Phi) is 3.38. The molecule has 0 bridgehead atoms. The van der Waals surface area contributed by atoms with Crippen molar-refractivity contribution < 1.29 is 18.6 Å². The Balaban J connectivity index is 3.24. The van der Waals surface area contributed by atoms with Gasteiger partial charge in [0.25, 0.3) is 0 Å². The molecule has 1 unspecified atom stereocenters. The molecule has 0 aliphatic rings. The summed E-state index contributed by atoms with van der Waals surface area (Å²) in [6.45, 7) is -0.154. The van der Waals surface area contributed by atoms with Crippen molar-refractivity contribution in [2.75, 3.05) is 13.7 Å². The number of aliphatic hydroxyl groups is 1. The van der Waals surface area contributed by atoms with Crippen molar-refractivity contribution >= 4 is 0 Å². The molecular formula is C9H11F2NO2. The number of aliphatic hydroxyl groups excluding tert-OH is 1. The van der Waals surface area contributed by atoms with Crippen molar-refractivity contribution in [2.24, 2.45) is 5.73 Å². The first-order valence-corrected chi connectivity index (χ1v) is 4.01. The second-order valence-electron chi connectivity index (χ2n) is 2.76. The molecule has 78 valence electrons. The first-order valence-electron chi connectivity index (χ1n) is 4.01. The second-order valence-corrected chi connectivity index (χ2v) is 2.76. The van der Waals surface area contributed by atoms with Crippen LogP contribution in [0, 0.1) is 11.6 Å². The number of hydrogen-bond acceptors (Lipinski definition) is 3. The maximum absolute atomic E-state index is 13.2. The highest BCUT2D eigenvalue weighted by Crippen LogP contribution is 2.28. The molecule has 0 fully saturated rings. The fourth-order valence-corrected chi connectivity index (χ4v) is 1.17. The van der Waals surface area contributed by atoms with Crippen LogP contribution in [0.2, 0.25) is 0 Å². The molecule has 1 atom stereocenters. The minimum absolute atomic E-state index is 0.0412. The van der Waals surface area contributed by atoms with Gasteiger partial charge in [-0.3, -0.25) is 0 Å². The zero-order valence-corrected chi connectivity index (χ0v) is 7.63. The van der Waals surface area contributed by atoms with Crippen molar-refractivity contribution in [2.45, 2.75) is 6.10 Å². The van der Waals surface area contributed by atoms with E-state index < -0.39 is 17.7 Å². The van der Waals surface area contributed by atoms with E-state index in [1.165, 1.54) is 7.11 Å². The molecule has 0 heterocycles. The Morgan fingerprint density at radius 1 is 1.50 bits per heavy atom. The van der Waals surface area contributed by atoms with Crippen LogP contribution in [0.5, 0.6) is 5.75 Å². The van der Waals surface area contributed by atoms with Gasteiger partial charge in [-0.25, -0.2) is 8.78 Å². The number of methoxy groups -OCH3 is 1. The van der Waals surface area contributed by atoms with E-state index in [0.29, 0.717) is 6.07 Å². The first-order chi connectivity index (χ1) is 6.60. The van der Waals surface area contributed by atoms with Gasteiger partial charge in [0.15, 0.2) is 0 Å². The lowest BCUT2D eigenvalue weighted by atomic mass is 10.1. The molecule has 3 nitrogen and oxygen atoms in total. The van der Waals surface area contributed by atoms with Crippen LogP contribution in [0.3, 0.4) is 0 Å². The van der Waals surface area contributed by atoms with Crippen molar-refractivity contribution in [3.8, 4) is 5.75 Å². The Bertz CT molecular complexity index is 331. The second kappa shape index (κ2) is 4.34. The minimum atomic E-state index is -1.19. The Morgan fingerprint density at radius 3 is 2.64 bits per heavy atom. The summed E-state index contributed by atoms with van der Waals surface area (Å²) in [5, 5.41) is 9.35. The average molecular weight is 203 g/mol. The highest BCUT2D eigenvalue weighted by Gasteiger charge is 2.18. The van der Waals surface area contributed by atoms with Crippen LogP contribution in [-0.2, 0) is 0 Å². The third kappa shape index (κ3) is 2.00. The summed E-state index contributed by atoms with van der Waals surface area (Å²) in [7, 11) is 1.26. The number of rotatable bonds is 3. The monoisotopic (exact) mass is 203 g/mol. The number of ether oxygens (including phenoxy) is 1. The van der Waals surface area contributed by atoms with E-state index in [-0.39, 0.29) is 17.9 Å². The predicted molar refractivity (Wildman–Crippen MR) is 46.9 cm³/mol. The van der Waals surface area contributed by atoms with Crippen molar-refractivity contribution in [1.29, 1.82) is 0 Å². The zero-order valence-electron chi connectivity index (χ0n) is 7.63. The van der Waals surface area contributed by atoms with Gasteiger partial charge in [-0.05, 0) is 0 Å². The lowest BCUT2D eigenvalue weighted by Crippen LogP contribution is -2.14. The summed E-state index contributed by atoms with van der Waals surface area (Å²) in [5.41, 5.74) is 5.05. The van der Waals surface area contributed by atoms with Gasteiger partial charge in [-0.15, -0.1) is 0 Å². The van der Waals surface area contributed by atoms with Crippen molar-refractivity contribution in [3.05, 3.63) is 29.3 Å². The zero-order chi connectivity index (χ0) is 10.7. The predicted octanol–water partition coefficient (Wildman–Crippen LogP) is 0.966. The summed E-state index contributed by atoms with van der Waals surface area (Å²) in [5.74, 6) is -1.66. The van der Waals surface area contributed by atoms with Gasteiger partial charge < -0.3 is 15.6 Å². The van der Waals surface area contributed by atoms with Gasteiger partial charge in [0, 0.05) is 18.7 Å². The van der Waals surface area contributed by atoms with E-state index in [4.69, 9.17) is 10.5 Å². The van der Waals surface area contributed by atoms with Crippen LogP contribution in [0.4, 0.5) is 8.78 Å². The smallest absolute Gasteiger partial charge is 0.135 e. The molecule has 14 heavy (non-hydrogen) atoms. The molecule has 0 saturated carbocycles. The van der Waals surface area contributed by atoms with Crippen LogP contribution in [0.1, 0.15) is 11.7 Å². The molecule has 1 aromatic rings. The maximum atomic E-state index is 13.2. The van der Waals surface area contributed by atoms with Crippen molar-refractivity contribution in [1.82, 2.24) is 0 Å². The summed E-state index contributed by atoms with van der Waals surface area (Å²) < 4.78 is 30.7. The quantitative estimate of drug-likeness (QED) is 0.769. The minimum Gasteiger partial charge on any atom is -0.496 e. The lowest BCUT2D eigenvalue weighted by Gasteiger charge is -2.13. The Labute approximate surface area is 80.1 Å². The van der Waals surface area contributed by atoms with Crippen molar-refractivity contribution in [3.63, 3.8) is 0 Å². The Morgan fingerprint density at radius 2 is 2.14 bits per heavy atom. The molecule has 0 aliphatic heterocycles. The summed E-state index contributed by atoms with van der Waals surface area (Å²) in [4.78, 5) is 0. The van der Waals surface area contributed by atoms with Gasteiger partial charge >= 0.3 is 0 Å². The molecule has 0 aromatic heterocycles. The SMILES string of the molecule is COc1cc(F)cc(F)c1C(O)CN. The van der Waals surface area contributed by atoms with E-state index in [0.717, 1.165) is 6.07 Å². The molecule has 1 aromatic carbocycles. The normalized spacial score (nSPS) is 12.6. The molecule has 0 radical (unpaired) electrons. The van der Waals surface area contributed by atoms with Gasteiger partial charge in [-0.2, -0.15) is 0 Å². The van der Waals surface area contributed by atoms with Crippen LogP contribution < -0.4 is 10.5 Å². The van der Waals surface area contributed by atoms with Gasteiger partial charge in [0.2, 0.25) is 0 Å². The van der Waals surface area contributed by atoms with Gasteiger partial charge in [0.1, 0.15) is 17.4 Å². The van der Waals surface area contributed by atoms with Gasteiger partial charge in [0.05, 0.1) is 18.8 Å². The molecule has 5 heteroatoms. The Hall–Kier alpha value is -1.20. The molecule has 3 N–H and O–H groups in total. The molecule has 0 spiro atoms. The number of hydrogen-bond donors (Lipinski definition) is 2. The summed E-state index contributed by atoms with van der Waals surface area (Å²) in [6.07, 6.45) is -1.19. The molecule has 0 saturated heterocycles. The lowest BCUT2D eigenvalue weighted by molar-refractivity contribution is 0.176. The van der Waals surface area contributed by atoms with Crippen LogP contribution in [0.25, 0.3) is 0 Å². The first kappa shape index (κ1) is 10.9. The molecule has 0 amide bonds.